The second-order valence-corrected chi connectivity index (χ2v) is 6.35. The number of benzene rings is 1. The van der Waals surface area contributed by atoms with Crippen LogP contribution in [0.25, 0.3) is 0 Å². The molecule has 1 heterocycles. The van der Waals surface area contributed by atoms with E-state index in [2.05, 4.69) is 0 Å². The summed E-state index contributed by atoms with van der Waals surface area (Å²) in [5.74, 6) is -2.22. The van der Waals surface area contributed by atoms with Crippen molar-refractivity contribution in [2.24, 2.45) is 11.8 Å². The van der Waals surface area contributed by atoms with Crippen LogP contribution in [0.15, 0.2) is 24.3 Å². The summed E-state index contributed by atoms with van der Waals surface area (Å²) in [6.07, 6.45) is 0.983. The van der Waals surface area contributed by atoms with Gasteiger partial charge in [0.15, 0.2) is 0 Å². The fourth-order valence-electron chi connectivity index (χ4n) is 3.07. The minimum absolute atomic E-state index is 0.0612. The highest BCUT2D eigenvalue weighted by atomic mass is 16.4. The highest BCUT2D eigenvalue weighted by molar-refractivity contribution is 6.00. The number of carboxylic acids is 1. The normalized spacial score (nSPS) is 18.5. The van der Waals surface area contributed by atoms with Gasteiger partial charge in [-0.25, -0.2) is 0 Å². The number of carbonyl (C=O) groups excluding carboxylic acids is 2. The number of carboxylic acid groups (broad SMARTS) is 1. The van der Waals surface area contributed by atoms with Crippen molar-refractivity contribution in [3.63, 3.8) is 0 Å². The van der Waals surface area contributed by atoms with E-state index in [-0.39, 0.29) is 24.8 Å². The van der Waals surface area contributed by atoms with E-state index in [0.717, 1.165) is 17.7 Å². The number of aliphatic carboxylic acids is 1. The molecule has 1 N–H and O–H groups in total. The van der Waals surface area contributed by atoms with Crippen LogP contribution in [-0.4, -0.2) is 47.9 Å². The van der Waals surface area contributed by atoms with Crippen LogP contribution in [0.5, 0.6) is 0 Å². The number of hydrogen-bond donors (Lipinski definition) is 1. The van der Waals surface area contributed by atoms with Gasteiger partial charge in [-0.3, -0.25) is 14.4 Å². The summed E-state index contributed by atoms with van der Waals surface area (Å²) in [7, 11) is 1.59. The molecule has 0 saturated carbocycles. The first-order valence-electron chi connectivity index (χ1n) is 8.21. The molecule has 0 radical (unpaired) electrons. The number of anilines is 1. The topological polar surface area (TPSA) is 77.9 Å². The van der Waals surface area contributed by atoms with E-state index in [9.17, 15) is 14.4 Å². The van der Waals surface area contributed by atoms with Crippen molar-refractivity contribution in [1.82, 2.24) is 4.90 Å². The first kappa shape index (κ1) is 18.0. The van der Waals surface area contributed by atoms with Crippen molar-refractivity contribution in [2.75, 3.05) is 25.0 Å². The zero-order chi connectivity index (χ0) is 17.9. The summed E-state index contributed by atoms with van der Waals surface area (Å²) in [6, 6.07) is 7.71. The van der Waals surface area contributed by atoms with E-state index in [1.165, 1.54) is 4.90 Å². The Morgan fingerprint density at radius 1 is 1.38 bits per heavy atom. The van der Waals surface area contributed by atoms with Gasteiger partial charge in [0, 0.05) is 32.2 Å². The van der Waals surface area contributed by atoms with E-state index >= 15 is 0 Å². The third-order valence-corrected chi connectivity index (χ3v) is 4.48. The smallest absolute Gasteiger partial charge is 0.308 e. The molecule has 1 fully saturated rings. The van der Waals surface area contributed by atoms with Gasteiger partial charge in [-0.05, 0) is 18.1 Å². The van der Waals surface area contributed by atoms with Crippen LogP contribution >= 0.6 is 0 Å². The molecule has 2 unspecified atom stereocenters. The van der Waals surface area contributed by atoms with Gasteiger partial charge in [-0.2, -0.15) is 0 Å². The molecule has 24 heavy (non-hydrogen) atoms. The van der Waals surface area contributed by atoms with Crippen molar-refractivity contribution < 1.29 is 19.5 Å². The van der Waals surface area contributed by atoms with Crippen LogP contribution < -0.4 is 4.90 Å². The molecule has 2 rings (SSSR count). The highest BCUT2D eigenvalue weighted by Gasteiger charge is 2.37. The Labute approximate surface area is 142 Å². The maximum absolute atomic E-state index is 12.5. The SMILES string of the molecule is CCc1ccccc1N1CC(C(=O)N(C)CC(C)C(=O)O)CC1=O. The highest BCUT2D eigenvalue weighted by Crippen LogP contribution is 2.29. The van der Waals surface area contributed by atoms with Gasteiger partial charge >= 0.3 is 5.97 Å². The molecule has 1 aliphatic heterocycles. The predicted molar refractivity (Wildman–Crippen MR) is 90.7 cm³/mol. The minimum Gasteiger partial charge on any atom is -0.481 e. The fraction of sp³-hybridized carbons (Fsp3) is 0.500. The molecule has 1 aliphatic rings. The quantitative estimate of drug-likeness (QED) is 0.861. The largest absolute Gasteiger partial charge is 0.481 e. The molecule has 0 aliphatic carbocycles. The lowest BCUT2D eigenvalue weighted by molar-refractivity contribution is -0.143. The Morgan fingerprint density at radius 2 is 2.04 bits per heavy atom. The van der Waals surface area contributed by atoms with Crippen LogP contribution in [0.4, 0.5) is 5.69 Å². The molecular weight excluding hydrogens is 308 g/mol. The van der Waals surface area contributed by atoms with Crippen molar-refractivity contribution in [3.05, 3.63) is 29.8 Å². The zero-order valence-electron chi connectivity index (χ0n) is 14.4. The second kappa shape index (κ2) is 7.47. The molecule has 0 bridgehead atoms. The Hall–Kier alpha value is -2.37. The van der Waals surface area contributed by atoms with Crippen molar-refractivity contribution >= 4 is 23.5 Å². The third kappa shape index (κ3) is 3.75. The molecule has 2 atom stereocenters. The number of hydrogen-bond acceptors (Lipinski definition) is 3. The molecule has 6 nitrogen and oxygen atoms in total. The number of nitrogens with zero attached hydrogens (tertiary/aromatic N) is 2. The first-order chi connectivity index (χ1) is 11.3. The lowest BCUT2D eigenvalue weighted by Crippen LogP contribution is -2.38. The van der Waals surface area contributed by atoms with Crippen LogP contribution in [0, 0.1) is 11.8 Å². The first-order valence-corrected chi connectivity index (χ1v) is 8.21. The van der Waals surface area contributed by atoms with E-state index in [1.807, 2.05) is 31.2 Å². The van der Waals surface area contributed by atoms with Gasteiger partial charge in [-0.1, -0.05) is 32.0 Å². The maximum atomic E-state index is 12.5. The summed E-state index contributed by atoms with van der Waals surface area (Å²) in [5, 5.41) is 8.97. The molecule has 1 saturated heterocycles. The number of amides is 2. The summed E-state index contributed by atoms with van der Waals surface area (Å²) >= 11 is 0. The van der Waals surface area contributed by atoms with Crippen LogP contribution in [0.1, 0.15) is 25.8 Å². The summed E-state index contributed by atoms with van der Waals surface area (Å²) < 4.78 is 0. The Morgan fingerprint density at radius 3 is 2.67 bits per heavy atom. The predicted octanol–water partition coefficient (Wildman–Crippen LogP) is 1.78. The molecule has 6 heteroatoms. The number of aryl methyl sites for hydroxylation is 1. The summed E-state index contributed by atoms with van der Waals surface area (Å²) in [5.41, 5.74) is 1.94. The van der Waals surface area contributed by atoms with Crippen LogP contribution in [0.2, 0.25) is 0 Å². The fourth-order valence-corrected chi connectivity index (χ4v) is 3.07. The third-order valence-electron chi connectivity index (χ3n) is 4.48. The van der Waals surface area contributed by atoms with E-state index in [4.69, 9.17) is 5.11 Å². The Kier molecular flexibility index (Phi) is 5.59. The molecule has 2 amide bonds. The van der Waals surface area contributed by atoms with Gasteiger partial charge < -0.3 is 14.9 Å². The van der Waals surface area contributed by atoms with Crippen LogP contribution in [-0.2, 0) is 20.8 Å². The number of carbonyl (C=O) groups is 3. The van der Waals surface area contributed by atoms with Crippen molar-refractivity contribution in [2.45, 2.75) is 26.7 Å². The number of rotatable bonds is 6. The van der Waals surface area contributed by atoms with Crippen molar-refractivity contribution in [1.29, 1.82) is 0 Å². The average molecular weight is 332 g/mol. The molecular formula is C18H24N2O4. The van der Waals surface area contributed by atoms with Crippen molar-refractivity contribution in [3.8, 4) is 0 Å². The van der Waals surface area contributed by atoms with E-state index in [0.29, 0.717) is 6.54 Å². The van der Waals surface area contributed by atoms with E-state index < -0.39 is 17.8 Å². The summed E-state index contributed by atoms with van der Waals surface area (Å²) in [6.45, 7) is 4.09. The molecule has 1 aromatic carbocycles. The van der Waals surface area contributed by atoms with Gasteiger partial charge in [0.05, 0.1) is 11.8 Å². The minimum atomic E-state index is -0.935. The number of para-hydroxylation sites is 1. The lowest BCUT2D eigenvalue weighted by atomic mass is 10.1. The van der Waals surface area contributed by atoms with Gasteiger partial charge in [0.1, 0.15) is 0 Å². The summed E-state index contributed by atoms with van der Waals surface area (Å²) in [4.78, 5) is 38.9. The zero-order valence-corrected chi connectivity index (χ0v) is 14.4. The molecule has 0 aromatic heterocycles. The molecule has 130 valence electrons. The van der Waals surface area contributed by atoms with Crippen LogP contribution in [0.3, 0.4) is 0 Å². The molecule has 1 aromatic rings. The monoisotopic (exact) mass is 332 g/mol. The average Bonchev–Trinajstić information content (AvgIpc) is 2.95. The van der Waals surface area contributed by atoms with E-state index in [1.54, 1.807) is 18.9 Å². The standard InChI is InChI=1S/C18H24N2O4/c1-4-13-7-5-6-8-15(13)20-11-14(9-16(20)21)17(22)19(3)10-12(2)18(23)24/h5-8,12,14H,4,9-11H2,1-3H3,(H,23,24). The lowest BCUT2D eigenvalue weighted by Gasteiger charge is -2.23. The van der Waals surface area contributed by atoms with Gasteiger partial charge in [-0.15, -0.1) is 0 Å². The Bertz CT molecular complexity index is 644. The Balaban J connectivity index is 2.09. The second-order valence-electron chi connectivity index (χ2n) is 6.35. The van der Waals surface area contributed by atoms with Gasteiger partial charge in [0.2, 0.25) is 11.8 Å². The molecule has 0 spiro atoms. The maximum Gasteiger partial charge on any atom is 0.308 e. The van der Waals surface area contributed by atoms with Gasteiger partial charge in [0.25, 0.3) is 0 Å².